The summed E-state index contributed by atoms with van der Waals surface area (Å²) >= 11 is 5.91. The van der Waals surface area contributed by atoms with Crippen LogP contribution >= 0.6 is 11.6 Å². The molecule has 0 fully saturated rings. The van der Waals surface area contributed by atoms with Crippen LogP contribution in [0.15, 0.2) is 48.5 Å². The van der Waals surface area contributed by atoms with Gasteiger partial charge in [0.05, 0.1) is 24.5 Å². The summed E-state index contributed by atoms with van der Waals surface area (Å²) < 4.78 is 6.76. The van der Waals surface area contributed by atoms with Crippen LogP contribution in [-0.4, -0.2) is 28.0 Å². The predicted molar refractivity (Wildman–Crippen MR) is 100.0 cm³/mol. The summed E-state index contributed by atoms with van der Waals surface area (Å²) in [4.78, 5) is 12.6. The number of benzene rings is 2. The number of ether oxygens (including phenoxy) is 1. The van der Waals surface area contributed by atoms with Gasteiger partial charge in [0.15, 0.2) is 5.69 Å². The van der Waals surface area contributed by atoms with Crippen LogP contribution in [0, 0.1) is 6.92 Å². The lowest BCUT2D eigenvalue weighted by atomic mass is 10.1. The van der Waals surface area contributed by atoms with Crippen molar-refractivity contribution >= 4 is 17.5 Å². The fraction of sp³-hybridized carbons (Fsp3) is 0.211. The van der Waals surface area contributed by atoms with Crippen LogP contribution in [0.3, 0.4) is 0 Å². The van der Waals surface area contributed by atoms with Gasteiger partial charge in [-0.25, -0.2) is 4.68 Å². The van der Waals surface area contributed by atoms with Gasteiger partial charge >= 0.3 is 0 Å². The Morgan fingerprint density at radius 3 is 2.42 bits per heavy atom. The van der Waals surface area contributed by atoms with Gasteiger partial charge in [-0.2, -0.15) is 0 Å². The lowest BCUT2D eigenvalue weighted by Gasteiger charge is -2.14. The maximum atomic E-state index is 12.6. The van der Waals surface area contributed by atoms with Crippen molar-refractivity contribution in [3.05, 3.63) is 70.5 Å². The van der Waals surface area contributed by atoms with Crippen molar-refractivity contribution < 1.29 is 9.53 Å². The minimum Gasteiger partial charge on any atom is -0.497 e. The highest BCUT2D eigenvalue weighted by Crippen LogP contribution is 2.19. The van der Waals surface area contributed by atoms with Crippen LogP contribution in [0.2, 0.25) is 5.02 Å². The lowest BCUT2D eigenvalue weighted by Crippen LogP contribution is -2.27. The topological polar surface area (TPSA) is 69.0 Å². The normalized spacial score (nSPS) is 11.8. The summed E-state index contributed by atoms with van der Waals surface area (Å²) in [5.74, 6) is 0.500. The van der Waals surface area contributed by atoms with Crippen LogP contribution in [0.5, 0.6) is 5.75 Å². The average molecular weight is 371 g/mol. The van der Waals surface area contributed by atoms with Gasteiger partial charge in [-0.15, -0.1) is 5.10 Å². The predicted octanol–water partition coefficient (Wildman–Crippen LogP) is 3.73. The third-order valence-corrected chi connectivity index (χ3v) is 4.40. The molecule has 3 aromatic rings. The van der Waals surface area contributed by atoms with Gasteiger partial charge in [0.2, 0.25) is 0 Å². The van der Waals surface area contributed by atoms with Crippen molar-refractivity contribution in [1.29, 1.82) is 0 Å². The van der Waals surface area contributed by atoms with E-state index < -0.39 is 0 Å². The Bertz CT molecular complexity index is 904. The molecule has 1 N–H and O–H groups in total. The van der Waals surface area contributed by atoms with Crippen molar-refractivity contribution in [3.63, 3.8) is 0 Å². The molecular weight excluding hydrogens is 352 g/mol. The highest BCUT2D eigenvalue weighted by molar-refractivity contribution is 6.30. The van der Waals surface area contributed by atoms with Crippen molar-refractivity contribution in [2.24, 2.45) is 0 Å². The first-order chi connectivity index (χ1) is 12.5. The molecule has 3 rings (SSSR count). The third-order valence-electron chi connectivity index (χ3n) is 4.14. The van der Waals surface area contributed by atoms with Crippen molar-refractivity contribution in [2.75, 3.05) is 7.11 Å². The summed E-state index contributed by atoms with van der Waals surface area (Å²) in [6.45, 7) is 3.72. The zero-order valence-corrected chi connectivity index (χ0v) is 15.5. The Morgan fingerprint density at radius 1 is 1.15 bits per heavy atom. The lowest BCUT2D eigenvalue weighted by molar-refractivity contribution is 0.0934. The largest absolute Gasteiger partial charge is 0.497 e. The summed E-state index contributed by atoms with van der Waals surface area (Å²) in [7, 11) is 1.62. The molecule has 0 aliphatic carbocycles. The number of rotatable bonds is 5. The van der Waals surface area contributed by atoms with Crippen LogP contribution in [-0.2, 0) is 0 Å². The molecule has 0 aliphatic rings. The van der Waals surface area contributed by atoms with Gasteiger partial charge < -0.3 is 10.1 Å². The molecule has 1 heterocycles. The van der Waals surface area contributed by atoms with E-state index in [0.29, 0.717) is 16.4 Å². The zero-order valence-electron chi connectivity index (χ0n) is 14.7. The molecule has 0 saturated carbocycles. The van der Waals surface area contributed by atoms with Gasteiger partial charge in [0.25, 0.3) is 5.91 Å². The number of aromatic nitrogens is 3. The number of halogens is 1. The number of amides is 1. The smallest absolute Gasteiger partial charge is 0.274 e. The molecule has 6 nitrogen and oxygen atoms in total. The van der Waals surface area contributed by atoms with Crippen molar-refractivity contribution in [2.45, 2.75) is 19.9 Å². The van der Waals surface area contributed by atoms with E-state index in [0.717, 1.165) is 17.0 Å². The quantitative estimate of drug-likeness (QED) is 0.743. The Balaban J connectivity index is 1.76. The van der Waals surface area contributed by atoms with Gasteiger partial charge in [-0.1, -0.05) is 28.9 Å². The second-order valence-corrected chi connectivity index (χ2v) is 6.32. The summed E-state index contributed by atoms with van der Waals surface area (Å²) in [6, 6.07) is 14.6. The number of carbonyl (C=O) groups excluding carboxylic acids is 1. The summed E-state index contributed by atoms with van der Waals surface area (Å²) in [6.07, 6.45) is 0. The van der Waals surface area contributed by atoms with Crippen molar-refractivity contribution in [3.8, 4) is 11.4 Å². The Labute approximate surface area is 156 Å². The first-order valence-electron chi connectivity index (χ1n) is 8.12. The highest BCUT2D eigenvalue weighted by atomic mass is 35.5. The maximum absolute atomic E-state index is 12.6. The molecule has 1 amide bonds. The fourth-order valence-electron chi connectivity index (χ4n) is 2.61. The van der Waals surface area contributed by atoms with Gasteiger partial charge in [-0.05, 0) is 55.8 Å². The van der Waals surface area contributed by atoms with Gasteiger partial charge in [0, 0.05) is 5.02 Å². The number of nitrogens with one attached hydrogen (secondary N) is 1. The molecule has 26 heavy (non-hydrogen) atoms. The standard InChI is InChI=1S/C19H19ClN4O2/c1-12(14-4-10-17(26-3)11-5-14)21-19(25)18-13(2)24(23-22-18)16-8-6-15(20)7-9-16/h4-12H,1-3H3,(H,21,25)/t12-/m1/s1. The number of hydrogen-bond acceptors (Lipinski definition) is 4. The molecule has 1 aromatic heterocycles. The minimum atomic E-state index is -0.272. The van der Waals surface area contributed by atoms with E-state index in [9.17, 15) is 4.79 Å². The second-order valence-electron chi connectivity index (χ2n) is 5.88. The Morgan fingerprint density at radius 2 is 1.81 bits per heavy atom. The average Bonchev–Trinajstić information content (AvgIpc) is 3.04. The number of carbonyl (C=O) groups is 1. The zero-order chi connectivity index (χ0) is 18.7. The molecule has 2 aromatic carbocycles. The summed E-state index contributed by atoms with van der Waals surface area (Å²) in [5, 5.41) is 11.7. The van der Waals surface area contributed by atoms with Crippen LogP contribution in [0.4, 0.5) is 0 Å². The number of nitrogens with zero attached hydrogens (tertiary/aromatic N) is 3. The Kier molecular flexibility index (Phi) is 5.23. The maximum Gasteiger partial charge on any atom is 0.274 e. The monoisotopic (exact) mass is 370 g/mol. The molecule has 7 heteroatoms. The molecule has 134 valence electrons. The molecule has 0 aliphatic heterocycles. The van der Waals surface area contributed by atoms with E-state index in [1.807, 2.05) is 50.2 Å². The second kappa shape index (κ2) is 7.58. The molecule has 0 bridgehead atoms. The van der Waals surface area contributed by atoms with Crippen molar-refractivity contribution in [1.82, 2.24) is 20.3 Å². The molecule has 1 atom stereocenters. The van der Waals surface area contributed by atoms with E-state index >= 15 is 0 Å². The van der Waals surface area contributed by atoms with Crippen LogP contribution in [0.25, 0.3) is 5.69 Å². The fourth-order valence-corrected chi connectivity index (χ4v) is 2.73. The summed E-state index contributed by atoms with van der Waals surface area (Å²) in [5.41, 5.74) is 2.72. The minimum absolute atomic E-state index is 0.173. The van der Waals surface area contributed by atoms with Gasteiger partial charge in [-0.3, -0.25) is 4.79 Å². The van der Waals surface area contributed by atoms with E-state index in [2.05, 4.69) is 15.6 Å². The molecule has 0 spiro atoms. The van der Waals surface area contributed by atoms with E-state index in [1.54, 1.807) is 23.9 Å². The van der Waals surface area contributed by atoms with E-state index in [-0.39, 0.29) is 11.9 Å². The molecule has 0 unspecified atom stereocenters. The Hall–Kier alpha value is -2.86. The van der Waals surface area contributed by atoms with Crippen LogP contribution < -0.4 is 10.1 Å². The van der Waals surface area contributed by atoms with E-state index in [4.69, 9.17) is 16.3 Å². The molecule has 0 saturated heterocycles. The SMILES string of the molecule is COc1ccc([C@@H](C)NC(=O)c2nnn(-c3ccc(Cl)cc3)c2C)cc1. The van der Waals surface area contributed by atoms with E-state index in [1.165, 1.54) is 0 Å². The number of methoxy groups -OCH3 is 1. The first-order valence-corrected chi connectivity index (χ1v) is 8.50. The first kappa shape index (κ1) is 17.9. The molecule has 0 radical (unpaired) electrons. The third kappa shape index (κ3) is 3.70. The highest BCUT2D eigenvalue weighted by Gasteiger charge is 2.19. The van der Waals surface area contributed by atoms with Gasteiger partial charge in [0.1, 0.15) is 5.75 Å². The number of hydrogen-bond donors (Lipinski definition) is 1. The van der Waals surface area contributed by atoms with Crippen LogP contribution in [0.1, 0.15) is 34.7 Å². The molecular formula is C19H19ClN4O2.